The summed E-state index contributed by atoms with van der Waals surface area (Å²) in [5.74, 6) is -0.231. The Morgan fingerprint density at radius 2 is 1.76 bits per heavy atom. The summed E-state index contributed by atoms with van der Waals surface area (Å²) in [6.07, 6.45) is 7.02. The van der Waals surface area contributed by atoms with Gasteiger partial charge in [-0.3, -0.25) is 29.6 Å². The van der Waals surface area contributed by atoms with Gasteiger partial charge >= 0.3 is 0 Å². The maximum atomic E-state index is 13.0. The molecule has 7 heteroatoms. The van der Waals surface area contributed by atoms with Gasteiger partial charge in [0.1, 0.15) is 6.04 Å². The topological polar surface area (TPSA) is 82.6 Å². The lowest BCUT2D eigenvalue weighted by molar-refractivity contribution is -0.136. The van der Waals surface area contributed by atoms with E-state index >= 15 is 0 Å². The van der Waals surface area contributed by atoms with Crippen molar-refractivity contribution in [3.63, 3.8) is 0 Å². The highest BCUT2D eigenvalue weighted by molar-refractivity contribution is 6.05. The van der Waals surface area contributed by atoms with Crippen molar-refractivity contribution in [2.24, 2.45) is 0 Å². The van der Waals surface area contributed by atoms with Crippen LogP contribution in [0.2, 0.25) is 0 Å². The van der Waals surface area contributed by atoms with E-state index in [4.69, 9.17) is 0 Å². The Bertz CT molecular complexity index is 1140. The second-order valence-corrected chi connectivity index (χ2v) is 9.72. The normalized spacial score (nSPS) is 25.8. The molecule has 1 N–H and O–H groups in total. The largest absolute Gasteiger partial charge is 0.322 e. The highest BCUT2D eigenvalue weighted by Crippen LogP contribution is 2.39. The van der Waals surface area contributed by atoms with Crippen LogP contribution in [-0.4, -0.2) is 51.6 Å². The summed E-state index contributed by atoms with van der Waals surface area (Å²) in [7, 11) is 0. The van der Waals surface area contributed by atoms with Crippen molar-refractivity contribution < 1.29 is 14.4 Å². The van der Waals surface area contributed by atoms with E-state index in [2.05, 4.69) is 33.4 Å². The van der Waals surface area contributed by atoms with Crippen molar-refractivity contribution in [1.82, 2.24) is 20.1 Å². The monoisotopic (exact) mass is 444 g/mol. The van der Waals surface area contributed by atoms with Gasteiger partial charge in [0.05, 0.1) is 0 Å². The number of rotatable bonds is 3. The molecule has 3 aliphatic heterocycles. The lowest BCUT2D eigenvalue weighted by Gasteiger charge is -2.36. The van der Waals surface area contributed by atoms with Crippen molar-refractivity contribution in [3.05, 3.63) is 64.5 Å². The van der Waals surface area contributed by atoms with Crippen molar-refractivity contribution >= 4 is 17.7 Å². The average molecular weight is 445 g/mol. The molecule has 0 bridgehead atoms. The molecular formula is C26H28N4O3. The number of likely N-dealkylation sites (tertiary alicyclic amines) is 1. The Labute approximate surface area is 193 Å². The fraction of sp³-hybridized carbons (Fsp3) is 0.462. The fourth-order valence-corrected chi connectivity index (χ4v) is 6.16. The number of benzene rings is 1. The predicted octanol–water partition coefficient (Wildman–Crippen LogP) is 2.71. The zero-order valence-corrected chi connectivity index (χ0v) is 18.6. The third-order valence-electron chi connectivity index (χ3n) is 7.93. The average Bonchev–Trinajstić information content (AvgIpc) is 3.40. The molecule has 1 aromatic carbocycles. The minimum atomic E-state index is -0.557. The molecule has 2 atom stereocenters. The molecule has 0 radical (unpaired) electrons. The molecule has 4 aliphatic rings. The number of aryl methyl sites for hydroxylation is 1. The molecule has 0 saturated carbocycles. The van der Waals surface area contributed by atoms with Crippen LogP contribution in [0.1, 0.15) is 76.8 Å². The summed E-state index contributed by atoms with van der Waals surface area (Å²) < 4.78 is 0. The van der Waals surface area contributed by atoms with Crippen LogP contribution in [0.3, 0.4) is 0 Å². The number of piperidine rings is 2. The number of nitrogens with one attached hydrogen (secondary N) is 1. The number of amides is 3. The lowest BCUT2D eigenvalue weighted by atomic mass is 9.87. The van der Waals surface area contributed by atoms with Crippen LogP contribution in [0, 0.1) is 0 Å². The smallest absolute Gasteiger partial charge is 0.255 e. The van der Waals surface area contributed by atoms with Crippen molar-refractivity contribution in [2.45, 2.75) is 63.1 Å². The van der Waals surface area contributed by atoms with Crippen molar-refractivity contribution in [3.8, 4) is 0 Å². The number of hydrogen-bond acceptors (Lipinski definition) is 5. The Hall–Kier alpha value is -3.06. The first-order valence-electron chi connectivity index (χ1n) is 12.0. The Balaban J connectivity index is 1.13. The van der Waals surface area contributed by atoms with Crippen LogP contribution in [0.5, 0.6) is 0 Å². The first-order chi connectivity index (χ1) is 16.1. The molecule has 170 valence electrons. The summed E-state index contributed by atoms with van der Waals surface area (Å²) in [5, 5.41) is 2.37. The van der Waals surface area contributed by atoms with Crippen LogP contribution in [0.4, 0.5) is 0 Å². The van der Waals surface area contributed by atoms with Gasteiger partial charge in [-0.15, -0.1) is 0 Å². The molecule has 0 spiro atoms. The van der Waals surface area contributed by atoms with Gasteiger partial charge < -0.3 is 4.90 Å². The van der Waals surface area contributed by atoms with Crippen LogP contribution in [0.15, 0.2) is 36.5 Å². The van der Waals surface area contributed by atoms with Gasteiger partial charge in [-0.2, -0.15) is 0 Å². The maximum Gasteiger partial charge on any atom is 0.255 e. The molecule has 2 aromatic rings. The molecule has 3 amide bonds. The highest BCUT2D eigenvalue weighted by atomic mass is 16.2. The van der Waals surface area contributed by atoms with E-state index in [0.717, 1.165) is 44.3 Å². The second kappa shape index (κ2) is 8.06. The van der Waals surface area contributed by atoms with Crippen molar-refractivity contribution in [1.29, 1.82) is 0 Å². The van der Waals surface area contributed by atoms with Gasteiger partial charge in [-0.25, -0.2) is 0 Å². The van der Waals surface area contributed by atoms with E-state index in [9.17, 15) is 14.4 Å². The van der Waals surface area contributed by atoms with E-state index < -0.39 is 6.04 Å². The zero-order valence-electron chi connectivity index (χ0n) is 18.6. The number of fused-ring (bicyclic) bond motifs is 2. The quantitative estimate of drug-likeness (QED) is 0.736. The van der Waals surface area contributed by atoms with E-state index in [1.165, 1.54) is 16.8 Å². The van der Waals surface area contributed by atoms with Gasteiger partial charge in [0.15, 0.2) is 0 Å². The molecule has 4 heterocycles. The molecular weight excluding hydrogens is 416 g/mol. The predicted molar refractivity (Wildman–Crippen MR) is 121 cm³/mol. The summed E-state index contributed by atoms with van der Waals surface area (Å²) in [6, 6.07) is 10.4. The third-order valence-corrected chi connectivity index (χ3v) is 7.93. The first-order valence-corrected chi connectivity index (χ1v) is 12.0. The SMILES string of the molecule is O=C1CCC(N2Cc3cc(C4CCN(C5CCc6ncccc65)CC4)ccc3C2=O)C(=O)N1. The zero-order chi connectivity index (χ0) is 22.5. The van der Waals surface area contributed by atoms with Crippen LogP contribution in [0.25, 0.3) is 0 Å². The summed E-state index contributed by atoms with van der Waals surface area (Å²) >= 11 is 0. The highest BCUT2D eigenvalue weighted by Gasteiger charge is 2.39. The van der Waals surface area contributed by atoms with Gasteiger partial charge in [-0.1, -0.05) is 18.2 Å². The minimum absolute atomic E-state index is 0.102. The van der Waals surface area contributed by atoms with E-state index in [-0.39, 0.29) is 24.1 Å². The van der Waals surface area contributed by atoms with Gasteiger partial charge in [0.2, 0.25) is 11.8 Å². The van der Waals surface area contributed by atoms with Crippen LogP contribution < -0.4 is 5.32 Å². The maximum absolute atomic E-state index is 13.0. The molecule has 33 heavy (non-hydrogen) atoms. The molecule has 1 aromatic heterocycles. The molecule has 2 unspecified atom stereocenters. The lowest BCUT2D eigenvalue weighted by Crippen LogP contribution is -2.52. The van der Waals surface area contributed by atoms with Crippen LogP contribution in [-0.2, 0) is 22.6 Å². The van der Waals surface area contributed by atoms with Gasteiger partial charge in [0, 0.05) is 36.5 Å². The molecule has 2 saturated heterocycles. The van der Waals surface area contributed by atoms with Gasteiger partial charge in [0.25, 0.3) is 5.91 Å². The molecule has 7 nitrogen and oxygen atoms in total. The third kappa shape index (κ3) is 3.55. The number of carbonyl (C=O) groups excluding carboxylic acids is 3. The molecule has 1 aliphatic carbocycles. The summed E-state index contributed by atoms with van der Waals surface area (Å²) in [6.45, 7) is 2.59. The number of imide groups is 1. The number of aromatic nitrogens is 1. The molecule has 6 rings (SSSR count). The van der Waals surface area contributed by atoms with Crippen LogP contribution >= 0.6 is 0 Å². The molecule has 2 fully saturated rings. The van der Waals surface area contributed by atoms with E-state index in [0.29, 0.717) is 30.5 Å². The Morgan fingerprint density at radius 3 is 2.58 bits per heavy atom. The van der Waals surface area contributed by atoms with Gasteiger partial charge in [-0.05, 0) is 79.9 Å². The Kier molecular flexibility index (Phi) is 5.02. The Morgan fingerprint density at radius 1 is 0.939 bits per heavy atom. The number of pyridine rings is 1. The van der Waals surface area contributed by atoms with E-state index in [1.54, 1.807) is 4.90 Å². The number of carbonyl (C=O) groups is 3. The second-order valence-electron chi connectivity index (χ2n) is 9.72. The summed E-state index contributed by atoms with van der Waals surface area (Å²) in [4.78, 5) is 45.5. The first kappa shape index (κ1) is 20.5. The standard InChI is InChI=1S/C26H28N4O3/c31-24-8-7-23(25(32)28-24)30-15-18-14-17(3-4-19(18)26(30)33)16-9-12-29(13-10-16)22-6-5-21-20(22)2-1-11-27-21/h1-4,11,14,16,22-23H,5-10,12-13,15H2,(H,28,31,32). The van der Waals surface area contributed by atoms with Crippen molar-refractivity contribution in [2.75, 3.05) is 13.1 Å². The number of hydrogen-bond donors (Lipinski definition) is 1. The van der Waals surface area contributed by atoms with E-state index in [1.807, 2.05) is 18.3 Å². The fourth-order valence-electron chi connectivity index (χ4n) is 6.16. The summed E-state index contributed by atoms with van der Waals surface area (Å²) in [5.41, 5.74) is 5.64. The minimum Gasteiger partial charge on any atom is -0.322 e. The number of nitrogens with zero attached hydrogens (tertiary/aromatic N) is 3.